The van der Waals surface area contributed by atoms with Crippen LogP contribution in [0.2, 0.25) is 0 Å². The van der Waals surface area contributed by atoms with E-state index in [4.69, 9.17) is 5.73 Å². The van der Waals surface area contributed by atoms with Crippen LogP contribution in [0.1, 0.15) is 37.4 Å². The second-order valence-electron chi connectivity index (χ2n) is 5.51. The molecule has 0 aromatic carbocycles. The summed E-state index contributed by atoms with van der Waals surface area (Å²) >= 11 is 0. The maximum atomic E-state index is 12.3. The number of rotatable bonds is 3. The summed E-state index contributed by atoms with van der Waals surface area (Å²) in [6.07, 6.45) is 4.80. The first-order chi connectivity index (χ1) is 8.43. The molecule has 1 aliphatic rings. The van der Waals surface area contributed by atoms with Gasteiger partial charge in [0.1, 0.15) is 0 Å². The Balaban J connectivity index is 1.98. The molecule has 1 fully saturated rings. The predicted molar refractivity (Wildman–Crippen MR) is 69.7 cm³/mol. The molecular formula is C13H22N4O. The number of aromatic nitrogens is 2. The lowest BCUT2D eigenvalue weighted by Gasteiger charge is -2.27. The summed E-state index contributed by atoms with van der Waals surface area (Å²) < 4.78 is 1.76. The van der Waals surface area contributed by atoms with E-state index >= 15 is 0 Å². The number of carbonyl (C=O) groups excluding carboxylic acids is 1. The van der Waals surface area contributed by atoms with E-state index in [0.29, 0.717) is 6.54 Å². The lowest BCUT2D eigenvalue weighted by atomic mass is 9.84. The van der Waals surface area contributed by atoms with Crippen LogP contribution >= 0.6 is 0 Å². The maximum Gasteiger partial charge on any atom is 0.227 e. The van der Waals surface area contributed by atoms with E-state index in [2.05, 4.69) is 10.4 Å². The number of aryl methyl sites for hydroxylation is 2. The normalized spacial score (nSPS) is 27.4. The molecule has 5 nitrogen and oxygen atoms in total. The van der Waals surface area contributed by atoms with Gasteiger partial charge in [-0.25, -0.2) is 0 Å². The molecule has 5 heteroatoms. The van der Waals surface area contributed by atoms with Gasteiger partial charge in [0.15, 0.2) is 0 Å². The first kappa shape index (κ1) is 13.1. The number of nitrogens with two attached hydrogens (primary N) is 1. The monoisotopic (exact) mass is 250 g/mol. The van der Waals surface area contributed by atoms with Crippen molar-refractivity contribution in [1.82, 2.24) is 15.1 Å². The summed E-state index contributed by atoms with van der Waals surface area (Å²) in [5, 5.41) is 7.25. The van der Waals surface area contributed by atoms with E-state index in [1.807, 2.05) is 27.1 Å². The van der Waals surface area contributed by atoms with Crippen molar-refractivity contribution in [2.75, 3.05) is 0 Å². The van der Waals surface area contributed by atoms with Gasteiger partial charge in [-0.2, -0.15) is 5.10 Å². The largest absolute Gasteiger partial charge is 0.351 e. The van der Waals surface area contributed by atoms with Gasteiger partial charge in [0, 0.05) is 31.4 Å². The van der Waals surface area contributed by atoms with Gasteiger partial charge in [0.05, 0.1) is 11.1 Å². The molecule has 3 N–H and O–H groups in total. The molecule has 1 saturated carbocycles. The predicted octanol–water partition coefficient (Wildman–Crippen LogP) is 0.862. The second-order valence-corrected chi connectivity index (χ2v) is 5.51. The van der Waals surface area contributed by atoms with Crippen LogP contribution < -0.4 is 11.1 Å². The molecule has 0 radical (unpaired) electrons. The van der Waals surface area contributed by atoms with Crippen LogP contribution in [0.15, 0.2) is 6.20 Å². The molecule has 0 bridgehead atoms. The summed E-state index contributed by atoms with van der Waals surface area (Å²) in [6, 6.07) is -0.0208. The van der Waals surface area contributed by atoms with Crippen molar-refractivity contribution in [3.63, 3.8) is 0 Å². The summed E-state index contributed by atoms with van der Waals surface area (Å²) in [4.78, 5) is 12.3. The van der Waals surface area contributed by atoms with Gasteiger partial charge in [-0.1, -0.05) is 6.42 Å². The van der Waals surface area contributed by atoms with Crippen LogP contribution in [-0.2, 0) is 18.4 Å². The Labute approximate surface area is 108 Å². The van der Waals surface area contributed by atoms with E-state index in [-0.39, 0.29) is 11.9 Å². The molecule has 100 valence electrons. The Hall–Kier alpha value is -1.36. The SMILES string of the molecule is Cc1nn(C)cc1CNC(=O)C1(C)CCCC1N. The number of amides is 1. The van der Waals surface area contributed by atoms with Crippen LogP contribution in [0.5, 0.6) is 0 Å². The number of carbonyl (C=O) groups is 1. The summed E-state index contributed by atoms with van der Waals surface area (Å²) in [6.45, 7) is 4.45. The minimum absolute atomic E-state index is 0.0208. The highest BCUT2D eigenvalue weighted by molar-refractivity contribution is 5.83. The Morgan fingerprint density at radius 2 is 2.44 bits per heavy atom. The van der Waals surface area contributed by atoms with Gasteiger partial charge in [-0.3, -0.25) is 9.48 Å². The molecule has 1 heterocycles. The van der Waals surface area contributed by atoms with Crippen LogP contribution in [0.3, 0.4) is 0 Å². The fourth-order valence-electron chi connectivity index (χ4n) is 2.67. The number of nitrogens with zero attached hydrogens (tertiary/aromatic N) is 2. The van der Waals surface area contributed by atoms with Crippen molar-refractivity contribution in [3.05, 3.63) is 17.5 Å². The number of hydrogen-bond acceptors (Lipinski definition) is 3. The standard InChI is InChI=1S/C13H22N4O/c1-9-10(8-17(3)16-9)7-15-12(18)13(2)6-4-5-11(13)14/h8,11H,4-7,14H2,1-3H3,(H,15,18). The zero-order valence-electron chi connectivity index (χ0n) is 11.4. The van der Waals surface area contributed by atoms with E-state index < -0.39 is 5.41 Å². The van der Waals surface area contributed by atoms with E-state index in [1.165, 1.54) is 0 Å². The average molecular weight is 250 g/mol. The number of hydrogen-bond donors (Lipinski definition) is 2. The third kappa shape index (κ3) is 2.27. The van der Waals surface area contributed by atoms with Gasteiger partial charge in [-0.05, 0) is 26.7 Å². The molecule has 2 rings (SSSR count). The molecule has 0 aliphatic heterocycles. The molecular weight excluding hydrogens is 228 g/mol. The fraction of sp³-hybridized carbons (Fsp3) is 0.692. The highest BCUT2D eigenvalue weighted by Crippen LogP contribution is 2.36. The van der Waals surface area contributed by atoms with E-state index in [1.54, 1.807) is 4.68 Å². The Morgan fingerprint density at radius 1 is 1.72 bits per heavy atom. The van der Waals surface area contributed by atoms with Crippen molar-refractivity contribution in [1.29, 1.82) is 0 Å². The van der Waals surface area contributed by atoms with Crippen molar-refractivity contribution < 1.29 is 4.79 Å². The van der Waals surface area contributed by atoms with Gasteiger partial charge >= 0.3 is 0 Å². The lowest BCUT2D eigenvalue weighted by molar-refractivity contribution is -0.130. The zero-order chi connectivity index (χ0) is 13.3. The highest BCUT2D eigenvalue weighted by Gasteiger charge is 2.42. The third-order valence-electron chi connectivity index (χ3n) is 4.10. The maximum absolute atomic E-state index is 12.3. The van der Waals surface area contributed by atoms with Gasteiger partial charge < -0.3 is 11.1 Å². The lowest BCUT2D eigenvalue weighted by Crippen LogP contribution is -2.47. The summed E-state index contributed by atoms with van der Waals surface area (Å²) in [5.74, 6) is 0.0655. The van der Waals surface area contributed by atoms with Crippen LogP contribution in [0.4, 0.5) is 0 Å². The number of nitrogens with one attached hydrogen (secondary N) is 1. The first-order valence-electron chi connectivity index (χ1n) is 6.46. The first-order valence-corrected chi connectivity index (χ1v) is 6.46. The Morgan fingerprint density at radius 3 is 2.94 bits per heavy atom. The van der Waals surface area contributed by atoms with E-state index in [9.17, 15) is 4.79 Å². The average Bonchev–Trinajstić information content (AvgIpc) is 2.80. The quantitative estimate of drug-likeness (QED) is 0.835. The second kappa shape index (κ2) is 4.72. The summed E-state index contributed by atoms with van der Waals surface area (Å²) in [7, 11) is 1.88. The molecule has 18 heavy (non-hydrogen) atoms. The molecule has 2 unspecified atom stereocenters. The topological polar surface area (TPSA) is 72.9 Å². The Kier molecular flexibility index (Phi) is 3.43. The van der Waals surface area contributed by atoms with Gasteiger partial charge in [0.2, 0.25) is 5.91 Å². The molecule has 2 atom stereocenters. The molecule has 1 aromatic rings. The molecule has 1 aliphatic carbocycles. The molecule has 1 amide bonds. The minimum Gasteiger partial charge on any atom is -0.351 e. The zero-order valence-corrected chi connectivity index (χ0v) is 11.4. The van der Waals surface area contributed by atoms with Crippen molar-refractivity contribution in [3.8, 4) is 0 Å². The van der Waals surface area contributed by atoms with Gasteiger partial charge in [-0.15, -0.1) is 0 Å². The molecule has 1 aromatic heterocycles. The molecule has 0 saturated heterocycles. The fourth-order valence-corrected chi connectivity index (χ4v) is 2.67. The van der Waals surface area contributed by atoms with Crippen LogP contribution in [-0.4, -0.2) is 21.7 Å². The third-order valence-corrected chi connectivity index (χ3v) is 4.10. The molecule has 0 spiro atoms. The highest BCUT2D eigenvalue weighted by atomic mass is 16.2. The van der Waals surface area contributed by atoms with Crippen LogP contribution in [0.25, 0.3) is 0 Å². The van der Waals surface area contributed by atoms with Crippen molar-refractivity contribution in [2.24, 2.45) is 18.2 Å². The van der Waals surface area contributed by atoms with Crippen molar-refractivity contribution >= 4 is 5.91 Å². The minimum atomic E-state index is -0.407. The van der Waals surface area contributed by atoms with Crippen LogP contribution in [0, 0.1) is 12.3 Å². The Bertz CT molecular complexity index is 454. The smallest absolute Gasteiger partial charge is 0.227 e. The van der Waals surface area contributed by atoms with Crippen molar-refractivity contribution in [2.45, 2.75) is 45.7 Å². The summed E-state index contributed by atoms with van der Waals surface area (Å²) in [5.41, 5.74) is 7.65. The van der Waals surface area contributed by atoms with E-state index in [0.717, 1.165) is 30.5 Å². The van der Waals surface area contributed by atoms with Gasteiger partial charge in [0.25, 0.3) is 0 Å².